The summed E-state index contributed by atoms with van der Waals surface area (Å²) in [5.41, 5.74) is -1.90. The van der Waals surface area contributed by atoms with Gasteiger partial charge >= 0.3 is 12.1 Å². The molecule has 1 aromatic heterocycles. The maximum absolute atomic E-state index is 15.7. The summed E-state index contributed by atoms with van der Waals surface area (Å²) in [4.78, 5) is 39.5. The predicted molar refractivity (Wildman–Crippen MR) is 154 cm³/mol. The Hall–Kier alpha value is -5.00. The normalized spacial score (nSPS) is 16.4. The van der Waals surface area contributed by atoms with E-state index >= 15 is 8.78 Å². The Kier molecular flexibility index (Phi) is 8.26. The minimum Gasteiger partial charge on any atom is -0.481 e. The van der Waals surface area contributed by atoms with Crippen molar-refractivity contribution in [1.82, 2.24) is 9.88 Å². The van der Waals surface area contributed by atoms with Crippen LogP contribution in [0.25, 0.3) is 11.1 Å². The topological polar surface area (TPSA) is 97.6 Å². The van der Waals surface area contributed by atoms with Gasteiger partial charge in [-0.05, 0) is 79.4 Å². The molecule has 2 atom stereocenters. The number of nitrogens with one attached hydrogen (secondary N) is 1. The summed E-state index contributed by atoms with van der Waals surface area (Å²) in [6.45, 7) is 4.58. The van der Waals surface area contributed by atoms with Crippen LogP contribution in [0.5, 0.6) is 11.5 Å². The molecule has 0 radical (unpaired) electrons. The van der Waals surface area contributed by atoms with Gasteiger partial charge in [-0.3, -0.25) is 19.0 Å². The smallest absolute Gasteiger partial charge is 0.416 e. The van der Waals surface area contributed by atoms with E-state index in [0.29, 0.717) is 27.3 Å². The molecule has 2 N–H and O–H groups in total. The largest absolute Gasteiger partial charge is 0.481 e. The first-order valence-electron chi connectivity index (χ1n) is 13.9. The number of hydrogen-bond donors (Lipinski definition) is 2. The summed E-state index contributed by atoms with van der Waals surface area (Å²) < 4.78 is 79.3. The molecule has 0 saturated heterocycles. The van der Waals surface area contributed by atoms with Gasteiger partial charge in [0.1, 0.15) is 29.2 Å². The molecule has 45 heavy (non-hydrogen) atoms. The van der Waals surface area contributed by atoms with Gasteiger partial charge in [-0.25, -0.2) is 8.78 Å². The fourth-order valence-corrected chi connectivity index (χ4v) is 5.70. The number of aryl methyl sites for hydroxylation is 2. The number of rotatable bonds is 4. The van der Waals surface area contributed by atoms with Gasteiger partial charge in [0, 0.05) is 28.5 Å². The molecule has 1 aliphatic heterocycles. The van der Waals surface area contributed by atoms with E-state index in [2.05, 4.69) is 5.32 Å². The number of hydrogen-bond acceptors (Lipinski definition) is 4. The number of amides is 1. The second-order valence-corrected chi connectivity index (χ2v) is 10.8. The van der Waals surface area contributed by atoms with Crippen LogP contribution < -0.4 is 15.6 Å². The Morgan fingerprint density at radius 1 is 1.00 bits per heavy atom. The third-order valence-corrected chi connectivity index (χ3v) is 7.77. The van der Waals surface area contributed by atoms with Crippen LogP contribution in [0.2, 0.25) is 0 Å². The number of aromatic nitrogens is 1. The van der Waals surface area contributed by atoms with Gasteiger partial charge in [-0.2, -0.15) is 13.2 Å². The van der Waals surface area contributed by atoms with Crippen molar-refractivity contribution in [3.8, 4) is 22.6 Å². The molecule has 7 nitrogen and oxygen atoms in total. The van der Waals surface area contributed by atoms with E-state index in [1.54, 1.807) is 31.2 Å². The van der Waals surface area contributed by atoms with Crippen molar-refractivity contribution >= 4 is 11.9 Å². The third kappa shape index (κ3) is 5.92. The molecule has 0 unspecified atom stereocenters. The molecule has 5 rings (SSSR count). The number of halogens is 5. The molecule has 4 bridgehead atoms. The number of benzene rings is 3. The molecule has 4 aromatic rings. The molecule has 0 aliphatic carbocycles. The van der Waals surface area contributed by atoms with Crippen LogP contribution in [-0.4, -0.2) is 21.6 Å². The average molecular weight is 627 g/mol. The standard InChI is InChI=1S/C33H27F5N2O5/c1-4-20-23(33(36,37)38)10-11-40(32(20)44)30-21-14-19(8-9-24(21)34)45-26-7-5-6-16(2)28(26)18-12-17(3)29(35)22(13-18)25(15-27(41)42)39-31(30)43/h5-14,25,30H,4,15H2,1-3H3,(H,39,43)(H,41,42)/t25-,30-/m1/s1. The van der Waals surface area contributed by atoms with E-state index in [1.807, 2.05) is 0 Å². The Bertz CT molecular complexity index is 1900. The number of carboxylic acids is 1. The highest BCUT2D eigenvalue weighted by molar-refractivity contribution is 5.85. The van der Waals surface area contributed by atoms with Crippen LogP contribution in [0.15, 0.2) is 65.6 Å². The lowest BCUT2D eigenvalue weighted by molar-refractivity contribution is -0.139. The number of aliphatic carboxylic acids is 1. The van der Waals surface area contributed by atoms with Crippen LogP contribution >= 0.6 is 0 Å². The van der Waals surface area contributed by atoms with Gasteiger partial charge in [0.15, 0.2) is 0 Å². The summed E-state index contributed by atoms with van der Waals surface area (Å²) in [5, 5.41) is 12.2. The van der Waals surface area contributed by atoms with Gasteiger partial charge in [-0.15, -0.1) is 0 Å². The van der Waals surface area contributed by atoms with E-state index < -0.39 is 70.4 Å². The van der Waals surface area contributed by atoms with Gasteiger partial charge in [0.2, 0.25) is 5.91 Å². The van der Waals surface area contributed by atoms with Gasteiger partial charge in [0.05, 0.1) is 18.0 Å². The fraction of sp³-hybridized carbons (Fsp3) is 0.242. The summed E-state index contributed by atoms with van der Waals surface area (Å²) in [7, 11) is 0. The second-order valence-electron chi connectivity index (χ2n) is 10.8. The van der Waals surface area contributed by atoms with Gasteiger partial charge in [0.25, 0.3) is 5.56 Å². The molecule has 234 valence electrons. The monoisotopic (exact) mass is 626 g/mol. The summed E-state index contributed by atoms with van der Waals surface area (Å²) in [5.74, 6) is -4.06. The van der Waals surface area contributed by atoms with Crippen molar-refractivity contribution in [1.29, 1.82) is 0 Å². The maximum Gasteiger partial charge on any atom is 0.416 e. The summed E-state index contributed by atoms with van der Waals surface area (Å²) in [6, 6.07) is 8.59. The highest BCUT2D eigenvalue weighted by Crippen LogP contribution is 2.40. The number of nitrogens with zero attached hydrogens (tertiary/aromatic N) is 1. The Balaban J connectivity index is 1.84. The minimum absolute atomic E-state index is 0.0344. The Labute approximate surface area is 253 Å². The third-order valence-electron chi connectivity index (χ3n) is 7.77. The first-order valence-corrected chi connectivity index (χ1v) is 13.9. The van der Waals surface area contributed by atoms with Crippen LogP contribution in [0.1, 0.15) is 58.8 Å². The maximum atomic E-state index is 15.7. The van der Waals surface area contributed by atoms with Crippen molar-refractivity contribution in [2.75, 3.05) is 0 Å². The number of ether oxygens (including phenoxy) is 1. The second kappa shape index (κ2) is 11.8. The van der Waals surface area contributed by atoms with E-state index in [1.165, 1.54) is 26.0 Å². The molecule has 3 aromatic carbocycles. The van der Waals surface area contributed by atoms with Crippen molar-refractivity contribution < 1.29 is 41.4 Å². The number of carbonyl (C=O) groups excluding carboxylic acids is 1. The van der Waals surface area contributed by atoms with Gasteiger partial charge < -0.3 is 15.2 Å². The summed E-state index contributed by atoms with van der Waals surface area (Å²) in [6.07, 6.45) is -5.31. The zero-order valence-electron chi connectivity index (χ0n) is 24.3. The first-order chi connectivity index (χ1) is 21.2. The lowest BCUT2D eigenvalue weighted by atomic mass is 9.92. The van der Waals surface area contributed by atoms with E-state index in [0.717, 1.165) is 18.3 Å². The van der Waals surface area contributed by atoms with Crippen molar-refractivity contribution in [2.24, 2.45) is 0 Å². The average Bonchev–Trinajstić information content (AvgIpc) is 2.96. The first kappa shape index (κ1) is 31.4. The predicted octanol–water partition coefficient (Wildman–Crippen LogP) is 7.02. The van der Waals surface area contributed by atoms with Crippen LogP contribution in [0, 0.1) is 25.5 Å². The highest BCUT2D eigenvalue weighted by Gasteiger charge is 2.37. The molecule has 0 saturated carbocycles. The number of carbonyl (C=O) groups is 2. The molecular weight excluding hydrogens is 599 g/mol. The highest BCUT2D eigenvalue weighted by atomic mass is 19.4. The molecule has 2 heterocycles. The molecular formula is C33H27F5N2O5. The SMILES string of the molecule is CCc1c(C(F)(F)F)ccn([C@H]2C(=O)N[C@H](CC(=O)O)c3cc(cc(C)c3F)-c3c(C)cccc3Oc3ccc(F)c2c3)c1=O. The van der Waals surface area contributed by atoms with Crippen LogP contribution in [0.3, 0.4) is 0 Å². The summed E-state index contributed by atoms with van der Waals surface area (Å²) >= 11 is 0. The van der Waals surface area contributed by atoms with Crippen molar-refractivity contribution in [3.05, 3.63) is 116 Å². The molecule has 1 aliphatic rings. The molecule has 12 heteroatoms. The number of pyridine rings is 1. The quantitative estimate of drug-likeness (QED) is 0.238. The number of carboxylic acid groups (broad SMARTS) is 1. The number of alkyl halides is 3. The van der Waals surface area contributed by atoms with E-state index in [4.69, 9.17) is 4.74 Å². The lowest BCUT2D eigenvalue weighted by Gasteiger charge is -2.26. The Morgan fingerprint density at radius 3 is 2.40 bits per heavy atom. The van der Waals surface area contributed by atoms with Crippen LogP contribution in [0.4, 0.5) is 22.0 Å². The number of fused-ring (bicyclic) bond motifs is 6. The van der Waals surface area contributed by atoms with Crippen molar-refractivity contribution in [2.45, 2.75) is 51.9 Å². The Morgan fingerprint density at radius 2 is 1.73 bits per heavy atom. The zero-order chi connectivity index (χ0) is 32.8. The van der Waals surface area contributed by atoms with Crippen LogP contribution in [-0.2, 0) is 22.2 Å². The zero-order valence-corrected chi connectivity index (χ0v) is 24.3. The van der Waals surface area contributed by atoms with Crippen molar-refractivity contribution in [3.63, 3.8) is 0 Å². The molecule has 0 fully saturated rings. The minimum atomic E-state index is -4.88. The van der Waals surface area contributed by atoms with E-state index in [-0.39, 0.29) is 29.0 Å². The molecule has 0 spiro atoms. The lowest BCUT2D eigenvalue weighted by Crippen LogP contribution is -2.41. The molecule has 1 amide bonds. The van der Waals surface area contributed by atoms with E-state index in [9.17, 15) is 32.7 Å². The fourth-order valence-electron chi connectivity index (χ4n) is 5.70. The van der Waals surface area contributed by atoms with Gasteiger partial charge in [-0.1, -0.05) is 19.1 Å².